The van der Waals surface area contributed by atoms with Crippen molar-refractivity contribution in [3.8, 4) is 5.75 Å². The first-order chi connectivity index (χ1) is 18.3. The lowest BCUT2D eigenvalue weighted by Gasteiger charge is -2.23. The summed E-state index contributed by atoms with van der Waals surface area (Å²) < 4.78 is 5.44. The zero-order chi connectivity index (χ0) is 26.8. The van der Waals surface area contributed by atoms with Gasteiger partial charge in [-0.3, -0.25) is 9.59 Å². The predicted octanol–water partition coefficient (Wildman–Crippen LogP) is 6.14. The van der Waals surface area contributed by atoms with Gasteiger partial charge in [0.1, 0.15) is 11.0 Å². The molecule has 0 unspecified atom stereocenters. The molecule has 0 saturated heterocycles. The number of hydrogen-bond donors (Lipinski definition) is 1. The number of hydrogen-bond acceptors (Lipinski definition) is 6. The van der Waals surface area contributed by atoms with E-state index in [1.165, 1.54) is 11.8 Å². The van der Waals surface area contributed by atoms with E-state index in [0.29, 0.717) is 22.3 Å². The number of nitrogens with one attached hydrogen (secondary N) is 1. The first-order valence-electron chi connectivity index (χ1n) is 12.2. The van der Waals surface area contributed by atoms with Gasteiger partial charge in [0.15, 0.2) is 5.17 Å². The van der Waals surface area contributed by atoms with Crippen LogP contribution in [0.2, 0.25) is 5.02 Å². The number of thioether (sulfide) groups is 1. The molecule has 2 aliphatic rings. The van der Waals surface area contributed by atoms with E-state index in [1.54, 1.807) is 12.1 Å². The maximum atomic E-state index is 12.9. The molecule has 3 aromatic rings. The molecule has 0 aromatic heterocycles. The molecule has 0 radical (unpaired) electrons. The van der Waals surface area contributed by atoms with Crippen LogP contribution in [0.3, 0.4) is 0 Å². The maximum absolute atomic E-state index is 12.9. The van der Waals surface area contributed by atoms with E-state index in [9.17, 15) is 9.59 Å². The summed E-state index contributed by atoms with van der Waals surface area (Å²) in [4.78, 5) is 30.0. The highest BCUT2D eigenvalue weighted by atomic mass is 35.5. The third kappa shape index (κ3) is 5.61. The number of nitrogens with zero attached hydrogens (tertiary/aromatic N) is 3. The van der Waals surface area contributed by atoms with Gasteiger partial charge in [-0.25, -0.2) is 5.01 Å². The molecule has 2 heterocycles. The van der Waals surface area contributed by atoms with E-state index in [4.69, 9.17) is 21.4 Å². The van der Waals surface area contributed by atoms with Crippen LogP contribution < -0.4 is 10.1 Å². The minimum absolute atomic E-state index is 0.0227. The standard InChI is InChI=1S/C29H27ClN4O3S/c1-17-7-12-22(13-18(17)2)31-27(35)16-26-28(36)32-29(38-26)34-25(20-5-4-6-23(14-20)37-3)15-24(33-34)19-8-10-21(30)11-9-19/h4-14,25-26H,15-16H2,1-3H3,(H,31,35)/t25-,26+/m0/s1. The van der Waals surface area contributed by atoms with Gasteiger partial charge >= 0.3 is 0 Å². The van der Waals surface area contributed by atoms with Gasteiger partial charge in [0, 0.05) is 23.6 Å². The lowest BCUT2D eigenvalue weighted by atomic mass is 9.98. The zero-order valence-corrected chi connectivity index (χ0v) is 22.8. The lowest BCUT2D eigenvalue weighted by Crippen LogP contribution is -2.25. The zero-order valence-electron chi connectivity index (χ0n) is 21.3. The monoisotopic (exact) mass is 546 g/mol. The number of anilines is 1. The number of amides is 2. The molecule has 9 heteroatoms. The normalized spacial score (nSPS) is 18.8. The molecule has 2 atom stereocenters. The second-order valence-corrected chi connectivity index (χ2v) is 10.9. The summed E-state index contributed by atoms with van der Waals surface area (Å²) in [5.74, 6) is 0.173. The van der Waals surface area contributed by atoms with E-state index >= 15 is 0 Å². The SMILES string of the molecule is COc1cccc([C@@H]2CC(c3ccc(Cl)cc3)=NN2C2=NC(=O)[C@@H](CC(=O)Nc3ccc(C)c(C)c3)S2)c1. The third-order valence-corrected chi connectivity index (χ3v) is 8.05. The molecule has 1 N–H and O–H groups in total. The van der Waals surface area contributed by atoms with E-state index in [-0.39, 0.29) is 24.3 Å². The van der Waals surface area contributed by atoms with Gasteiger partial charge in [-0.15, -0.1) is 0 Å². The molecule has 7 nitrogen and oxygen atoms in total. The Labute approximate surface area is 230 Å². The molecule has 5 rings (SSSR count). The van der Waals surface area contributed by atoms with Crippen molar-refractivity contribution in [2.24, 2.45) is 10.1 Å². The van der Waals surface area contributed by atoms with E-state index < -0.39 is 5.25 Å². The number of aryl methyl sites for hydroxylation is 2. The van der Waals surface area contributed by atoms with Gasteiger partial charge in [-0.1, -0.05) is 53.7 Å². The minimum Gasteiger partial charge on any atom is -0.497 e. The van der Waals surface area contributed by atoms with Gasteiger partial charge < -0.3 is 10.1 Å². The van der Waals surface area contributed by atoms with Crippen LogP contribution in [0.4, 0.5) is 5.69 Å². The van der Waals surface area contributed by atoms with Crippen LogP contribution in [0.1, 0.15) is 41.1 Å². The Hall–Kier alpha value is -3.62. The average Bonchev–Trinajstić information content (AvgIpc) is 3.50. The number of methoxy groups -OCH3 is 1. The Morgan fingerprint density at radius 3 is 2.63 bits per heavy atom. The number of carbonyl (C=O) groups is 2. The number of ether oxygens (including phenoxy) is 1. The van der Waals surface area contributed by atoms with E-state index in [0.717, 1.165) is 33.7 Å². The molecule has 2 amide bonds. The highest BCUT2D eigenvalue weighted by molar-refractivity contribution is 8.15. The molecule has 0 fully saturated rings. The summed E-state index contributed by atoms with van der Waals surface area (Å²) in [6.45, 7) is 4.01. The summed E-state index contributed by atoms with van der Waals surface area (Å²) in [5, 5.41) is 10.1. The number of aliphatic imine (C=N–C) groups is 1. The van der Waals surface area contributed by atoms with Crippen molar-refractivity contribution in [2.45, 2.75) is 38.0 Å². The third-order valence-electron chi connectivity index (χ3n) is 6.65. The molecule has 2 aliphatic heterocycles. The molecule has 0 saturated carbocycles. The van der Waals surface area contributed by atoms with Crippen LogP contribution >= 0.6 is 23.4 Å². The Morgan fingerprint density at radius 2 is 1.89 bits per heavy atom. The number of amidine groups is 1. The van der Waals surface area contributed by atoms with Crippen molar-refractivity contribution in [1.82, 2.24) is 5.01 Å². The van der Waals surface area contributed by atoms with Crippen molar-refractivity contribution in [1.29, 1.82) is 0 Å². The summed E-state index contributed by atoms with van der Waals surface area (Å²) in [6.07, 6.45) is 0.634. The van der Waals surface area contributed by atoms with Crippen molar-refractivity contribution in [2.75, 3.05) is 12.4 Å². The van der Waals surface area contributed by atoms with Crippen LogP contribution in [-0.4, -0.2) is 40.1 Å². The highest BCUT2D eigenvalue weighted by Crippen LogP contribution is 2.39. The van der Waals surface area contributed by atoms with E-state index in [1.807, 2.05) is 80.6 Å². The topological polar surface area (TPSA) is 83.4 Å². The largest absolute Gasteiger partial charge is 0.497 e. The van der Waals surface area contributed by atoms with Crippen LogP contribution in [0.25, 0.3) is 0 Å². The van der Waals surface area contributed by atoms with Crippen LogP contribution in [0.15, 0.2) is 76.8 Å². The van der Waals surface area contributed by atoms with Crippen molar-refractivity contribution < 1.29 is 14.3 Å². The lowest BCUT2D eigenvalue weighted by molar-refractivity contribution is -0.121. The number of carbonyl (C=O) groups excluding carboxylic acids is 2. The molecular weight excluding hydrogens is 520 g/mol. The summed E-state index contributed by atoms with van der Waals surface area (Å²) in [5.41, 5.74) is 5.75. The first-order valence-corrected chi connectivity index (χ1v) is 13.5. The van der Waals surface area contributed by atoms with Crippen molar-refractivity contribution in [3.05, 3.63) is 94.0 Å². The van der Waals surface area contributed by atoms with Gasteiger partial charge in [-0.05, 0) is 72.5 Å². The Balaban J connectivity index is 1.36. The fourth-order valence-electron chi connectivity index (χ4n) is 4.42. The van der Waals surface area contributed by atoms with Crippen LogP contribution in [0.5, 0.6) is 5.75 Å². The Morgan fingerprint density at radius 1 is 1.11 bits per heavy atom. The summed E-state index contributed by atoms with van der Waals surface area (Å²) in [6, 6.07) is 20.9. The predicted molar refractivity (Wildman–Crippen MR) is 153 cm³/mol. The fourth-order valence-corrected chi connectivity index (χ4v) is 5.60. The minimum atomic E-state index is -0.614. The first kappa shape index (κ1) is 26.0. The van der Waals surface area contributed by atoms with Gasteiger partial charge in [-0.2, -0.15) is 10.1 Å². The molecular formula is C29H27ClN4O3S. The molecule has 0 spiro atoms. The number of rotatable bonds is 6. The van der Waals surface area contributed by atoms with Crippen LogP contribution in [-0.2, 0) is 9.59 Å². The molecule has 0 bridgehead atoms. The molecule has 194 valence electrons. The highest BCUT2D eigenvalue weighted by Gasteiger charge is 2.39. The van der Waals surface area contributed by atoms with Gasteiger partial charge in [0.2, 0.25) is 5.91 Å². The number of benzene rings is 3. The van der Waals surface area contributed by atoms with E-state index in [2.05, 4.69) is 10.3 Å². The van der Waals surface area contributed by atoms with Crippen molar-refractivity contribution >= 4 is 51.7 Å². The van der Waals surface area contributed by atoms with Gasteiger partial charge in [0.25, 0.3) is 5.91 Å². The molecule has 0 aliphatic carbocycles. The summed E-state index contributed by atoms with van der Waals surface area (Å²) in [7, 11) is 1.63. The second kappa shape index (κ2) is 11.0. The maximum Gasteiger partial charge on any atom is 0.262 e. The number of halogens is 1. The smallest absolute Gasteiger partial charge is 0.262 e. The van der Waals surface area contributed by atoms with Gasteiger partial charge in [0.05, 0.1) is 18.9 Å². The quantitative estimate of drug-likeness (QED) is 0.401. The summed E-state index contributed by atoms with van der Waals surface area (Å²) >= 11 is 7.37. The average molecular weight is 547 g/mol. The second-order valence-electron chi connectivity index (χ2n) is 9.29. The molecule has 38 heavy (non-hydrogen) atoms. The van der Waals surface area contributed by atoms with Crippen molar-refractivity contribution in [3.63, 3.8) is 0 Å². The Bertz CT molecular complexity index is 1450. The number of hydrazone groups is 1. The fraction of sp³-hybridized carbons (Fsp3) is 0.241. The Kier molecular flexibility index (Phi) is 7.53. The molecule has 3 aromatic carbocycles. The van der Waals surface area contributed by atoms with Crippen LogP contribution in [0, 0.1) is 13.8 Å².